The van der Waals surface area contributed by atoms with E-state index in [-0.39, 0.29) is 17.7 Å². The highest BCUT2D eigenvalue weighted by Crippen LogP contribution is 2.15. The molecule has 310 valence electrons. The summed E-state index contributed by atoms with van der Waals surface area (Å²) in [6.45, 7) is 8.30. The third kappa shape index (κ3) is 50.5. The van der Waals surface area contributed by atoms with Crippen molar-refractivity contribution < 1.29 is 14.4 Å². The zero-order chi connectivity index (χ0) is 38.4. The normalized spacial score (nSPS) is 10.9. The first-order chi connectivity index (χ1) is 25.5. The third-order valence-electron chi connectivity index (χ3n) is 10.3. The maximum absolute atomic E-state index is 11.9. The van der Waals surface area contributed by atoms with Gasteiger partial charge in [0.15, 0.2) is 0 Å². The summed E-state index contributed by atoms with van der Waals surface area (Å²) in [6, 6.07) is 0. The molecule has 0 aromatic carbocycles. The number of carbonyl (C=O) groups excluding carboxylic acids is 3. The minimum Gasteiger partial charge on any atom is -0.370 e. The lowest BCUT2D eigenvalue weighted by atomic mass is 10.0. The van der Waals surface area contributed by atoms with Crippen molar-refractivity contribution >= 4 is 17.7 Å². The highest BCUT2D eigenvalue weighted by Gasteiger charge is 2.03. The first kappa shape index (κ1) is 52.5. The molecule has 4 N–H and O–H groups in total. The second kappa shape index (κ2) is 47.4. The van der Waals surface area contributed by atoms with E-state index in [4.69, 9.17) is 5.73 Å². The van der Waals surface area contributed by atoms with Crippen LogP contribution in [0.3, 0.4) is 0 Å². The van der Waals surface area contributed by atoms with Gasteiger partial charge in [-0.15, -0.1) is 0 Å². The Morgan fingerprint density at radius 3 is 0.788 bits per heavy atom. The van der Waals surface area contributed by atoms with Gasteiger partial charge in [0, 0.05) is 32.4 Å². The molecule has 0 aliphatic rings. The molecule has 0 rings (SSSR count). The first-order valence-electron chi connectivity index (χ1n) is 23.3. The van der Waals surface area contributed by atoms with Gasteiger partial charge in [-0.25, -0.2) is 0 Å². The second-order valence-electron chi connectivity index (χ2n) is 15.7. The number of hydrogen-bond acceptors (Lipinski definition) is 3. The molecule has 6 heteroatoms. The van der Waals surface area contributed by atoms with Crippen LogP contribution in [-0.2, 0) is 14.4 Å². The smallest absolute Gasteiger partial charge is 0.219 e. The Morgan fingerprint density at radius 1 is 0.308 bits per heavy atom. The summed E-state index contributed by atoms with van der Waals surface area (Å²) in [4.78, 5) is 34.2. The SMILES string of the molecule is CCCCCCCCCCCCCCCC(=O)NCCCCCC(=O)NCCCCCC.CCCCCCCCCCCCCCCCCC(N)=O. The standard InChI is InChI=1S/C28H56N2O2.C18H37NO/c1-3-5-7-9-10-11-12-13-14-15-16-17-19-23-27(31)30-26-22-18-20-24-28(32)29-25-21-8-6-4-2;1-2-3-4-5-6-7-8-9-10-11-12-13-14-15-16-17-18(19)20/h3-26H2,1-2H3,(H,29,32)(H,30,31);2-17H2,1H3,(H2,19,20). The monoisotopic (exact) mass is 736 g/mol. The summed E-state index contributed by atoms with van der Waals surface area (Å²) in [5.74, 6) is 0.213. The van der Waals surface area contributed by atoms with Crippen LogP contribution in [0.25, 0.3) is 0 Å². The van der Waals surface area contributed by atoms with E-state index in [1.807, 2.05) is 0 Å². The van der Waals surface area contributed by atoms with Crippen LogP contribution in [-0.4, -0.2) is 30.8 Å². The minimum atomic E-state index is -0.153. The van der Waals surface area contributed by atoms with E-state index in [1.54, 1.807) is 0 Å². The Labute approximate surface area is 325 Å². The molecule has 0 fully saturated rings. The lowest BCUT2D eigenvalue weighted by Gasteiger charge is -2.06. The molecule has 0 atom stereocenters. The Morgan fingerprint density at radius 2 is 0.519 bits per heavy atom. The zero-order valence-corrected chi connectivity index (χ0v) is 35.6. The highest BCUT2D eigenvalue weighted by molar-refractivity contribution is 5.76. The number of nitrogens with one attached hydrogen (secondary N) is 2. The molecule has 0 aromatic rings. The summed E-state index contributed by atoms with van der Waals surface area (Å²) in [5, 5.41) is 6.03. The number of unbranched alkanes of at least 4 members (excludes halogenated alkanes) is 31. The van der Waals surface area contributed by atoms with Crippen molar-refractivity contribution in [2.75, 3.05) is 13.1 Å². The number of rotatable bonds is 41. The van der Waals surface area contributed by atoms with E-state index in [2.05, 4.69) is 31.4 Å². The zero-order valence-electron chi connectivity index (χ0n) is 35.6. The molecule has 0 radical (unpaired) electrons. The largest absolute Gasteiger partial charge is 0.370 e. The highest BCUT2D eigenvalue weighted by atomic mass is 16.2. The summed E-state index contributed by atoms with van der Waals surface area (Å²) in [6.07, 6.45) is 47.1. The Bertz CT molecular complexity index is 730. The van der Waals surface area contributed by atoms with Gasteiger partial charge in [0.05, 0.1) is 0 Å². The summed E-state index contributed by atoms with van der Waals surface area (Å²) < 4.78 is 0. The number of amides is 3. The van der Waals surface area contributed by atoms with Crippen molar-refractivity contribution in [1.82, 2.24) is 10.6 Å². The number of primary amides is 1. The topological polar surface area (TPSA) is 101 Å². The molecule has 0 spiro atoms. The van der Waals surface area contributed by atoms with E-state index in [1.165, 1.54) is 186 Å². The summed E-state index contributed by atoms with van der Waals surface area (Å²) in [7, 11) is 0. The first-order valence-corrected chi connectivity index (χ1v) is 23.3. The van der Waals surface area contributed by atoms with Gasteiger partial charge in [-0.2, -0.15) is 0 Å². The predicted octanol–water partition coefficient (Wildman–Crippen LogP) is 13.6. The molecule has 0 aromatic heterocycles. The second-order valence-corrected chi connectivity index (χ2v) is 15.7. The lowest BCUT2D eigenvalue weighted by Crippen LogP contribution is -2.25. The molecule has 0 saturated carbocycles. The molecular weight excluding hydrogens is 643 g/mol. The summed E-state index contributed by atoms with van der Waals surface area (Å²) >= 11 is 0. The predicted molar refractivity (Wildman–Crippen MR) is 228 cm³/mol. The molecule has 0 heterocycles. The van der Waals surface area contributed by atoms with Crippen molar-refractivity contribution in [1.29, 1.82) is 0 Å². The van der Waals surface area contributed by atoms with Gasteiger partial charge in [-0.05, 0) is 32.1 Å². The van der Waals surface area contributed by atoms with E-state index >= 15 is 0 Å². The molecule has 6 nitrogen and oxygen atoms in total. The van der Waals surface area contributed by atoms with Crippen LogP contribution < -0.4 is 16.4 Å². The van der Waals surface area contributed by atoms with Gasteiger partial charge in [-0.3, -0.25) is 14.4 Å². The van der Waals surface area contributed by atoms with E-state index in [0.29, 0.717) is 19.3 Å². The Kier molecular flexibility index (Phi) is 47.9. The van der Waals surface area contributed by atoms with Gasteiger partial charge < -0.3 is 16.4 Å². The van der Waals surface area contributed by atoms with Gasteiger partial charge >= 0.3 is 0 Å². The Balaban J connectivity index is 0. The molecule has 0 aliphatic carbocycles. The maximum Gasteiger partial charge on any atom is 0.219 e. The van der Waals surface area contributed by atoms with Crippen molar-refractivity contribution in [3.8, 4) is 0 Å². The fourth-order valence-corrected chi connectivity index (χ4v) is 6.75. The number of hydrogen-bond donors (Lipinski definition) is 3. The van der Waals surface area contributed by atoms with Crippen LogP contribution in [0, 0.1) is 0 Å². The molecule has 0 aliphatic heterocycles. The molecule has 0 unspecified atom stereocenters. The molecule has 0 saturated heterocycles. The average Bonchev–Trinajstić information content (AvgIpc) is 3.13. The Hall–Kier alpha value is -1.59. The number of nitrogens with two attached hydrogens (primary N) is 1. The van der Waals surface area contributed by atoms with Gasteiger partial charge in [-0.1, -0.05) is 213 Å². The van der Waals surface area contributed by atoms with Crippen molar-refractivity contribution in [2.45, 2.75) is 265 Å². The van der Waals surface area contributed by atoms with Crippen LogP contribution in [0.15, 0.2) is 0 Å². The van der Waals surface area contributed by atoms with Gasteiger partial charge in [0.1, 0.15) is 0 Å². The van der Waals surface area contributed by atoms with Crippen molar-refractivity contribution in [3.05, 3.63) is 0 Å². The third-order valence-corrected chi connectivity index (χ3v) is 10.3. The van der Waals surface area contributed by atoms with Crippen molar-refractivity contribution in [2.24, 2.45) is 5.73 Å². The van der Waals surface area contributed by atoms with Crippen LogP contribution in [0.4, 0.5) is 0 Å². The van der Waals surface area contributed by atoms with Gasteiger partial charge in [0.2, 0.25) is 17.7 Å². The van der Waals surface area contributed by atoms with E-state index < -0.39 is 0 Å². The van der Waals surface area contributed by atoms with Crippen LogP contribution in [0.5, 0.6) is 0 Å². The van der Waals surface area contributed by atoms with Crippen molar-refractivity contribution in [3.63, 3.8) is 0 Å². The van der Waals surface area contributed by atoms with E-state index in [0.717, 1.165) is 51.6 Å². The molecular formula is C46H93N3O3. The lowest BCUT2D eigenvalue weighted by molar-refractivity contribution is -0.122. The minimum absolute atomic E-state index is 0.153. The quantitative estimate of drug-likeness (QED) is 0.0545. The fourth-order valence-electron chi connectivity index (χ4n) is 6.75. The van der Waals surface area contributed by atoms with Gasteiger partial charge in [0.25, 0.3) is 0 Å². The molecule has 0 bridgehead atoms. The molecule has 3 amide bonds. The number of carbonyl (C=O) groups is 3. The van der Waals surface area contributed by atoms with Crippen LogP contribution >= 0.6 is 0 Å². The van der Waals surface area contributed by atoms with Crippen LogP contribution in [0.2, 0.25) is 0 Å². The fraction of sp³-hybridized carbons (Fsp3) is 0.935. The van der Waals surface area contributed by atoms with E-state index in [9.17, 15) is 14.4 Å². The average molecular weight is 736 g/mol. The molecule has 52 heavy (non-hydrogen) atoms. The summed E-state index contributed by atoms with van der Waals surface area (Å²) in [5.41, 5.74) is 5.11. The van der Waals surface area contributed by atoms with Crippen LogP contribution in [0.1, 0.15) is 265 Å². The maximum atomic E-state index is 11.9.